The summed E-state index contributed by atoms with van der Waals surface area (Å²) in [6.45, 7) is 4.17. The minimum Gasteiger partial charge on any atom is -0.497 e. The molecule has 1 saturated heterocycles. The van der Waals surface area contributed by atoms with Crippen LogP contribution in [0.4, 0.5) is 0 Å². The Bertz CT molecular complexity index is 794. The van der Waals surface area contributed by atoms with Gasteiger partial charge >= 0.3 is 0 Å². The largest absolute Gasteiger partial charge is 0.497 e. The predicted octanol–water partition coefficient (Wildman–Crippen LogP) is 2.35. The highest BCUT2D eigenvalue weighted by Gasteiger charge is 2.35. The number of carbonyl (C=O) groups excluding carboxylic acids is 1. The number of nitrogens with one attached hydrogen (secondary N) is 3. The maximum Gasteiger partial charge on any atom is 0.256 e. The number of rotatable bonds is 5. The molecule has 1 amide bonds. The van der Waals surface area contributed by atoms with Crippen LogP contribution in [0.15, 0.2) is 42.5 Å². The van der Waals surface area contributed by atoms with E-state index in [1.165, 1.54) is 11.1 Å². The molecule has 0 aliphatic carbocycles. The van der Waals surface area contributed by atoms with Crippen molar-refractivity contribution in [2.45, 2.75) is 32.0 Å². The minimum absolute atomic E-state index is 0.114. The fraction of sp³-hybridized carbons (Fsp3) is 0.350. The fourth-order valence-corrected chi connectivity index (χ4v) is 3.38. The Kier molecular flexibility index (Phi) is 5.44. The predicted molar refractivity (Wildman–Crippen MR) is 100 cm³/mol. The molecule has 1 aliphatic heterocycles. The van der Waals surface area contributed by atoms with E-state index in [4.69, 9.17) is 9.47 Å². The second kappa shape index (κ2) is 7.76. The van der Waals surface area contributed by atoms with Gasteiger partial charge in [-0.05, 0) is 31.5 Å². The molecule has 0 bridgehead atoms. The molecule has 6 heteroatoms. The molecule has 0 radical (unpaired) electrons. The summed E-state index contributed by atoms with van der Waals surface area (Å²) < 4.78 is 10.5. The normalized spacial score (nSPS) is 22.1. The number of carbonyl (C=O) groups is 1. The van der Waals surface area contributed by atoms with Crippen molar-refractivity contribution < 1.29 is 14.3 Å². The van der Waals surface area contributed by atoms with Gasteiger partial charge in [0.25, 0.3) is 5.91 Å². The Morgan fingerprint density at radius 1 is 1.08 bits per heavy atom. The van der Waals surface area contributed by atoms with Crippen LogP contribution in [0.25, 0.3) is 0 Å². The summed E-state index contributed by atoms with van der Waals surface area (Å²) in [5.41, 5.74) is 9.26. The second-order valence-electron chi connectivity index (χ2n) is 6.53. The molecule has 1 aliphatic rings. The van der Waals surface area contributed by atoms with Gasteiger partial charge in [-0.15, -0.1) is 0 Å². The number of amides is 1. The Morgan fingerprint density at radius 3 is 2.58 bits per heavy atom. The third-order valence-electron chi connectivity index (χ3n) is 4.73. The van der Waals surface area contributed by atoms with E-state index in [2.05, 4.69) is 48.2 Å². The summed E-state index contributed by atoms with van der Waals surface area (Å²) >= 11 is 0. The number of hydrogen-bond acceptors (Lipinski definition) is 5. The smallest absolute Gasteiger partial charge is 0.256 e. The van der Waals surface area contributed by atoms with E-state index in [1.54, 1.807) is 32.4 Å². The first-order valence-electron chi connectivity index (χ1n) is 8.64. The fourth-order valence-electron chi connectivity index (χ4n) is 3.38. The van der Waals surface area contributed by atoms with Gasteiger partial charge in [-0.3, -0.25) is 10.2 Å². The number of benzene rings is 2. The SMILES string of the molecule is COc1ccc(C(=O)NC2NNC(C)C2c2cccc(C)c2)c(OC)c1. The van der Waals surface area contributed by atoms with Gasteiger partial charge in [0.15, 0.2) is 0 Å². The zero-order valence-electron chi connectivity index (χ0n) is 15.5. The molecule has 3 unspecified atom stereocenters. The van der Waals surface area contributed by atoms with Gasteiger partial charge in [0.2, 0.25) is 0 Å². The molecule has 1 heterocycles. The molecule has 0 aromatic heterocycles. The highest BCUT2D eigenvalue weighted by molar-refractivity contribution is 5.97. The number of aryl methyl sites for hydroxylation is 1. The van der Waals surface area contributed by atoms with Crippen LogP contribution in [0.3, 0.4) is 0 Å². The molecule has 0 saturated carbocycles. The van der Waals surface area contributed by atoms with Crippen LogP contribution in [0.5, 0.6) is 11.5 Å². The molecule has 26 heavy (non-hydrogen) atoms. The molecule has 1 fully saturated rings. The van der Waals surface area contributed by atoms with Crippen LogP contribution in [-0.2, 0) is 0 Å². The molecule has 0 spiro atoms. The van der Waals surface area contributed by atoms with Gasteiger partial charge in [-0.1, -0.05) is 29.8 Å². The third kappa shape index (κ3) is 3.66. The molecule has 2 aromatic carbocycles. The van der Waals surface area contributed by atoms with Crippen molar-refractivity contribution in [3.63, 3.8) is 0 Å². The molecular formula is C20H25N3O3. The van der Waals surface area contributed by atoms with Gasteiger partial charge < -0.3 is 14.8 Å². The average Bonchev–Trinajstić information content (AvgIpc) is 3.01. The summed E-state index contributed by atoms with van der Waals surface area (Å²) in [6.07, 6.45) is -0.230. The van der Waals surface area contributed by atoms with Crippen molar-refractivity contribution in [1.82, 2.24) is 16.2 Å². The lowest BCUT2D eigenvalue weighted by molar-refractivity contribution is 0.0925. The lowest BCUT2D eigenvalue weighted by atomic mass is 9.90. The van der Waals surface area contributed by atoms with Gasteiger partial charge in [0.1, 0.15) is 17.7 Å². The zero-order valence-corrected chi connectivity index (χ0v) is 15.5. The number of methoxy groups -OCH3 is 2. The second-order valence-corrected chi connectivity index (χ2v) is 6.53. The van der Waals surface area contributed by atoms with Crippen molar-refractivity contribution in [3.05, 3.63) is 59.2 Å². The van der Waals surface area contributed by atoms with Crippen molar-refractivity contribution in [1.29, 1.82) is 0 Å². The molecular weight excluding hydrogens is 330 g/mol. The number of hydrogen-bond donors (Lipinski definition) is 3. The third-order valence-corrected chi connectivity index (χ3v) is 4.73. The lowest BCUT2D eigenvalue weighted by Gasteiger charge is -2.23. The lowest BCUT2D eigenvalue weighted by Crippen LogP contribution is -2.46. The van der Waals surface area contributed by atoms with Crippen LogP contribution >= 0.6 is 0 Å². The molecule has 2 aromatic rings. The summed E-state index contributed by atoms with van der Waals surface area (Å²) in [4.78, 5) is 12.8. The maximum absolute atomic E-state index is 12.8. The zero-order chi connectivity index (χ0) is 18.7. The Hall–Kier alpha value is -2.57. The average molecular weight is 355 g/mol. The van der Waals surface area contributed by atoms with E-state index in [1.807, 2.05) is 6.07 Å². The van der Waals surface area contributed by atoms with Gasteiger partial charge in [-0.2, -0.15) is 0 Å². The van der Waals surface area contributed by atoms with Crippen LogP contribution in [0, 0.1) is 6.92 Å². The van der Waals surface area contributed by atoms with Crippen molar-refractivity contribution in [3.8, 4) is 11.5 Å². The first-order chi connectivity index (χ1) is 12.5. The van der Waals surface area contributed by atoms with E-state index in [0.29, 0.717) is 17.1 Å². The topological polar surface area (TPSA) is 71.6 Å². The number of ether oxygens (including phenoxy) is 2. The molecule has 3 N–H and O–H groups in total. The summed E-state index contributed by atoms with van der Waals surface area (Å²) in [6, 6.07) is 13.7. The van der Waals surface area contributed by atoms with Crippen LogP contribution in [0.1, 0.15) is 34.3 Å². The Labute approximate surface area is 153 Å². The number of hydrazine groups is 1. The highest BCUT2D eigenvalue weighted by atomic mass is 16.5. The van der Waals surface area contributed by atoms with Gasteiger partial charge in [-0.25, -0.2) is 5.43 Å². The van der Waals surface area contributed by atoms with E-state index in [9.17, 15) is 4.79 Å². The first kappa shape index (κ1) is 18.2. The van der Waals surface area contributed by atoms with E-state index < -0.39 is 0 Å². The highest BCUT2D eigenvalue weighted by Crippen LogP contribution is 2.28. The van der Waals surface area contributed by atoms with E-state index >= 15 is 0 Å². The van der Waals surface area contributed by atoms with Crippen LogP contribution < -0.4 is 25.6 Å². The van der Waals surface area contributed by atoms with Crippen LogP contribution in [-0.4, -0.2) is 32.3 Å². The summed E-state index contributed by atoms with van der Waals surface area (Å²) in [5.74, 6) is 1.04. The summed E-state index contributed by atoms with van der Waals surface area (Å²) in [5, 5.41) is 3.07. The van der Waals surface area contributed by atoms with Crippen molar-refractivity contribution in [2.75, 3.05) is 14.2 Å². The van der Waals surface area contributed by atoms with E-state index in [0.717, 1.165) is 0 Å². The quantitative estimate of drug-likeness (QED) is 0.768. The molecule has 138 valence electrons. The first-order valence-corrected chi connectivity index (χ1v) is 8.64. The van der Waals surface area contributed by atoms with E-state index in [-0.39, 0.29) is 24.0 Å². The van der Waals surface area contributed by atoms with Gasteiger partial charge in [0.05, 0.1) is 19.8 Å². The molecule has 3 atom stereocenters. The van der Waals surface area contributed by atoms with Crippen molar-refractivity contribution >= 4 is 5.91 Å². The standard InChI is InChI=1S/C20H25N3O3/c1-12-6-5-7-14(10-12)18-13(2)22-23-19(18)21-20(24)16-9-8-15(25-3)11-17(16)26-4/h5-11,13,18-19,22-23H,1-4H3,(H,21,24). The maximum atomic E-state index is 12.8. The van der Waals surface area contributed by atoms with Crippen LogP contribution in [0.2, 0.25) is 0 Å². The summed E-state index contributed by atoms with van der Waals surface area (Å²) in [7, 11) is 3.12. The van der Waals surface area contributed by atoms with Crippen molar-refractivity contribution in [2.24, 2.45) is 0 Å². The minimum atomic E-state index is -0.230. The molecule has 6 nitrogen and oxygen atoms in total. The Balaban J connectivity index is 1.82. The molecule has 3 rings (SSSR count). The monoisotopic (exact) mass is 355 g/mol. The van der Waals surface area contributed by atoms with Gasteiger partial charge in [0, 0.05) is 18.0 Å². The Morgan fingerprint density at radius 2 is 1.88 bits per heavy atom.